The summed E-state index contributed by atoms with van der Waals surface area (Å²) in [5.41, 5.74) is 6.75. The number of hydrogen-bond acceptors (Lipinski definition) is 4. The summed E-state index contributed by atoms with van der Waals surface area (Å²) in [6, 6.07) is 9.97. The number of hydrogen-bond donors (Lipinski definition) is 1. The Hall–Kier alpha value is -1.55. The minimum absolute atomic E-state index is 0.324. The van der Waals surface area contributed by atoms with Crippen LogP contribution in [0.15, 0.2) is 35.7 Å². The Labute approximate surface area is 104 Å². The van der Waals surface area contributed by atoms with E-state index in [9.17, 15) is 0 Å². The molecule has 4 heteroatoms. The molecule has 17 heavy (non-hydrogen) atoms. The SMILES string of the molecule is Nc1nc(C2CC(Oc3ccccc3)C2)cs1. The van der Waals surface area contributed by atoms with Gasteiger partial charge in [-0.3, -0.25) is 0 Å². The molecule has 1 fully saturated rings. The Kier molecular flexibility index (Phi) is 2.73. The molecule has 1 saturated carbocycles. The van der Waals surface area contributed by atoms with E-state index in [1.54, 1.807) is 0 Å². The lowest BCUT2D eigenvalue weighted by Gasteiger charge is -2.34. The monoisotopic (exact) mass is 246 g/mol. The van der Waals surface area contributed by atoms with Crippen LogP contribution >= 0.6 is 11.3 Å². The Morgan fingerprint density at radius 3 is 2.65 bits per heavy atom. The van der Waals surface area contributed by atoms with Gasteiger partial charge in [0.05, 0.1) is 11.8 Å². The van der Waals surface area contributed by atoms with E-state index < -0.39 is 0 Å². The molecule has 2 aromatic rings. The van der Waals surface area contributed by atoms with E-state index in [0.717, 1.165) is 24.3 Å². The molecule has 88 valence electrons. The number of aromatic nitrogens is 1. The van der Waals surface area contributed by atoms with E-state index in [2.05, 4.69) is 10.4 Å². The Morgan fingerprint density at radius 2 is 2.00 bits per heavy atom. The van der Waals surface area contributed by atoms with Crippen LogP contribution in [0.25, 0.3) is 0 Å². The van der Waals surface area contributed by atoms with Crippen LogP contribution in [-0.4, -0.2) is 11.1 Å². The molecule has 2 N–H and O–H groups in total. The number of nitrogens with two attached hydrogens (primary N) is 1. The van der Waals surface area contributed by atoms with Crippen molar-refractivity contribution < 1.29 is 4.74 Å². The second-order valence-corrected chi connectivity index (χ2v) is 5.22. The van der Waals surface area contributed by atoms with Gasteiger partial charge in [-0.25, -0.2) is 4.98 Å². The van der Waals surface area contributed by atoms with Crippen molar-refractivity contribution in [2.75, 3.05) is 5.73 Å². The summed E-state index contributed by atoms with van der Waals surface area (Å²) in [7, 11) is 0. The number of thiazole rings is 1. The molecule has 0 unspecified atom stereocenters. The molecule has 0 aliphatic heterocycles. The first-order valence-corrected chi connectivity index (χ1v) is 6.62. The fraction of sp³-hybridized carbons (Fsp3) is 0.308. The highest BCUT2D eigenvalue weighted by Crippen LogP contribution is 2.39. The van der Waals surface area contributed by atoms with E-state index in [-0.39, 0.29) is 0 Å². The Balaban J connectivity index is 1.55. The van der Waals surface area contributed by atoms with Crippen LogP contribution in [-0.2, 0) is 0 Å². The number of rotatable bonds is 3. The minimum Gasteiger partial charge on any atom is -0.490 e. The van der Waals surface area contributed by atoms with Crippen molar-refractivity contribution in [3.8, 4) is 5.75 Å². The van der Waals surface area contributed by atoms with Gasteiger partial charge >= 0.3 is 0 Å². The molecule has 1 heterocycles. The zero-order chi connectivity index (χ0) is 11.7. The van der Waals surface area contributed by atoms with Crippen molar-refractivity contribution in [2.45, 2.75) is 24.9 Å². The summed E-state index contributed by atoms with van der Waals surface area (Å²) in [5, 5.41) is 2.71. The van der Waals surface area contributed by atoms with Crippen LogP contribution in [0.5, 0.6) is 5.75 Å². The molecule has 3 nitrogen and oxygen atoms in total. The predicted molar refractivity (Wildman–Crippen MR) is 69.4 cm³/mol. The number of benzene rings is 1. The van der Waals surface area contributed by atoms with Crippen molar-refractivity contribution in [1.29, 1.82) is 0 Å². The van der Waals surface area contributed by atoms with Gasteiger partial charge < -0.3 is 10.5 Å². The quantitative estimate of drug-likeness (QED) is 0.905. The first kappa shape index (κ1) is 10.6. The summed E-state index contributed by atoms with van der Waals surface area (Å²) in [4.78, 5) is 4.31. The van der Waals surface area contributed by atoms with Gasteiger partial charge in [-0.2, -0.15) is 0 Å². The maximum absolute atomic E-state index is 5.85. The summed E-state index contributed by atoms with van der Waals surface area (Å²) >= 11 is 1.51. The standard InChI is InChI=1S/C13H14N2OS/c14-13-15-12(8-17-13)9-6-11(7-9)16-10-4-2-1-3-5-10/h1-5,8-9,11H,6-7H2,(H2,14,15). The molecule has 0 atom stereocenters. The smallest absolute Gasteiger partial charge is 0.180 e. The maximum Gasteiger partial charge on any atom is 0.180 e. The number of para-hydroxylation sites is 1. The number of ether oxygens (including phenoxy) is 1. The maximum atomic E-state index is 5.85. The molecule has 1 aliphatic rings. The molecule has 3 rings (SSSR count). The summed E-state index contributed by atoms with van der Waals surface area (Å²) in [6.07, 6.45) is 2.40. The van der Waals surface area contributed by atoms with Crippen LogP contribution in [0.1, 0.15) is 24.5 Å². The molecule has 0 saturated heterocycles. The lowest BCUT2D eigenvalue weighted by molar-refractivity contribution is 0.0973. The van der Waals surface area contributed by atoms with E-state index in [0.29, 0.717) is 17.2 Å². The van der Waals surface area contributed by atoms with Crippen molar-refractivity contribution in [3.63, 3.8) is 0 Å². The lowest BCUT2D eigenvalue weighted by atomic mass is 9.80. The van der Waals surface area contributed by atoms with Gasteiger partial charge in [-0.05, 0) is 25.0 Å². The molecule has 0 radical (unpaired) electrons. The van der Waals surface area contributed by atoms with Crippen molar-refractivity contribution in [3.05, 3.63) is 41.4 Å². The summed E-state index contributed by atoms with van der Waals surface area (Å²) in [6.45, 7) is 0. The van der Waals surface area contributed by atoms with Crippen molar-refractivity contribution in [2.24, 2.45) is 0 Å². The van der Waals surface area contributed by atoms with Crippen LogP contribution in [0, 0.1) is 0 Å². The molecule has 0 spiro atoms. The molecule has 0 amide bonds. The van der Waals surface area contributed by atoms with Crippen molar-refractivity contribution >= 4 is 16.5 Å². The second-order valence-electron chi connectivity index (χ2n) is 4.33. The van der Waals surface area contributed by atoms with E-state index in [4.69, 9.17) is 10.5 Å². The number of nitrogen functional groups attached to an aromatic ring is 1. The summed E-state index contributed by atoms with van der Waals surface area (Å²) < 4.78 is 5.85. The first-order chi connectivity index (χ1) is 8.31. The third kappa shape index (κ3) is 2.26. The van der Waals surface area contributed by atoms with Gasteiger partial charge in [0.1, 0.15) is 5.75 Å². The van der Waals surface area contributed by atoms with Crippen LogP contribution in [0.4, 0.5) is 5.13 Å². The number of nitrogens with zero attached hydrogens (tertiary/aromatic N) is 1. The molecular weight excluding hydrogens is 232 g/mol. The Bertz CT molecular complexity index is 491. The summed E-state index contributed by atoms with van der Waals surface area (Å²) in [5.74, 6) is 1.48. The van der Waals surface area contributed by atoms with Gasteiger partial charge in [0, 0.05) is 11.3 Å². The van der Waals surface area contributed by atoms with Gasteiger partial charge in [0.15, 0.2) is 5.13 Å². The van der Waals surface area contributed by atoms with Gasteiger partial charge in [-0.1, -0.05) is 18.2 Å². The molecule has 1 aliphatic carbocycles. The Morgan fingerprint density at radius 1 is 1.24 bits per heavy atom. The highest BCUT2D eigenvalue weighted by atomic mass is 32.1. The zero-order valence-corrected chi connectivity index (χ0v) is 10.2. The lowest BCUT2D eigenvalue weighted by Crippen LogP contribution is -2.32. The highest BCUT2D eigenvalue weighted by molar-refractivity contribution is 7.13. The highest BCUT2D eigenvalue weighted by Gasteiger charge is 2.33. The van der Waals surface area contributed by atoms with Crippen LogP contribution in [0.2, 0.25) is 0 Å². The molecule has 1 aromatic carbocycles. The predicted octanol–water partition coefficient (Wildman–Crippen LogP) is 3.05. The van der Waals surface area contributed by atoms with Crippen LogP contribution in [0.3, 0.4) is 0 Å². The topological polar surface area (TPSA) is 48.1 Å². The normalized spacial score (nSPS) is 23.1. The number of anilines is 1. The molecule has 0 bridgehead atoms. The molecule has 1 aromatic heterocycles. The average molecular weight is 246 g/mol. The van der Waals surface area contributed by atoms with E-state index in [1.165, 1.54) is 11.3 Å². The van der Waals surface area contributed by atoms with E-state index >= 15 is 0 Å². The average Bonchev–Trinajstić information content (AvgIpc) is 2.71. The fourth-order valence-corrected chi connectivity index (χ4v) is 2.73. The van der Waals surface area contributed by atoms with Gasteiger partial charge in [0.2, 0.25) is 0 Å². The minimum atomic E-state index is 0.324. The molecular formula is C13H14N2OS. The largest absolute Gasteiger partial charge is 0.490 e. The zero-order valence-electron chi connectivity index (χ0n) is 9.37. The third-order valence-corrected chi connectivity index (χ3v) is 3.79. The van der Waals surface area contributed by atoms with E-state index in [1.807, 2.05) is 30.3 Å². The van der Waals surface area contributed by atoms with Crippen molar-refractivity contribution in [1.82, 2.24) is 4.98 Å². The first-order valence-electron chi connectivity index (χ1n) is 5.74. The van der Waals surface area contributed by atoms with Gasteiger partial charge in [0.25, 0.3) is 0 Å². The van der Waals surface area contributed by atoms with Gasteiger partial charge in [-0.15, -0.1) is 11.3 Å². The third-order valence-electron chi connectivity index (χ3n) is 3.10. The van der Waals surface area contributed by atoms with Crippen LogP contribution < -0.4 is 10.5 Å². The second kappa shape index (κ2) is 4.37. The fourth-order valence-electron chi connectivity index (χ4n) is 2.08.